The Kier molecular flexibility index (Phi) is 3.43. The van der Waals surface area contributed by atoms with Crippen LogP contribution >= 0.6 is 11.3 Å². The molecule has 0 aliphatic carbocycles. The molecule has 1 aromatic heterocycles. The molecule has 0 fully saturated rings. The molecule has 78 valence electrons. The molecule has 1 rings (SSSR count). The Morgan fingerprint density at radius 3 is 2.79 bits per heavy atom. The van der Waals surface area contributed by atoms with Gasteiger partial charge in [0, 0.05) is 19.5 Å². The van der Waals surface area contributed by atoms with Crippen molar-refractivity contribution in [3.05, 3.63) is 11.1 Å². The van der Waals surface area contributed by atoms with E-state index in [4.69, 9.17) is 0 Å². The van der Waals surface area contributed by atoms with Crippen molar-refractivity contribution in [1.29, 1.82) is 0 Å². The van der Waals surface area contributed by atoms with E-state index >= 15 is 0 Å². The zero-order valence-electron chi connectivity index (χ0n) is 8.31. The van der Waals surface area contributed by atoms with Gasteiger partial charge in [0.25, 0.3) is 0 Å². The SMILES string of the molecule is CC(O)c1csc(NC(=O)N(C)C)n1. The van der Waals surface area contributed by atoms with Gasteiger partial charge in [-0.15, -0.1) is 11.3 Å². The highest BCUT2D eigenvalue weighted by Gasteiger charge is 2.09. The Bertz CT molecular complexity index is 322. The Hall–Kier alpha value is -1.14. The van der Waals surface area contributed by atoms with Crippen molar-refractivity contribution in [3.8, 4) is 0 Å². The van der Waals surface area contributed by atoms with E-state index in [-0.39, 0.29) is 6.03 Å². The molecule has 1 aromatic rings. The Morgan fingerprint density at radius 2 is 2.36 bits per heavy atom. The lowest BCUT2D eigenvalue weighted by atomic mass is 10.3. The first-order valence-corrected chi connectivity index (χ1v) is 5.00. The van der Waals surface area contributed by atoms with E-state index in [1.165, 1.54) is 16.2 Å². The maximum absolute atomic E-state index is 11.2. The van der Waals surface area contributed by atoms with E-state index in [0.29, 0.717) is 10.8 Å². The summed E-state index contributed by atoms with van der Waals surface area (Å²) in [6, 6.07) is -0.225. The number of aliphatic hydroxyl groups is 1. The van der Waals surface area contributed by atoms with Crippen LogP contribution in [-0.4, -0.2) is 35.1 Å². The largest absolute Gasteiger partial charge is 0.387 e. The van der Waals surface area contributed by atoms with Crippen LogP contribution in [0.3, 0.4) is 0 Å². The van der Waals surface area contributed by atoms with Crippen LogP contribution in [-0.2, 0) is 0 Å². The smallest absolute Gasteiger partial charge is 0.323 e. The molecule has 0 saturated carbocycles. The molecule has 0 aromatic carbocycles. The van der Waals surface area contributed by atoms with Crippen molar-refractivity contribution in [2.75, 3.05) is 19.4 Å². The van der Waals surface area contributed by atoms with Crippen LogP contribution in [0, 0.1) is 0 Å². The molecule has 14 heavy (non-hydrogen) atoms. The van der Waals surface area contributed by atoms with Gasteiger partial charge in [-0.1, -0.05) is 0 Å². The second-order valence-corrected chi connectivity index (χ2v) is 3.94. The fourth-order valence-electron chi connectivity index (χ4n) is 0.739. The van der Waals surface area contributed by atoms with Crippen LogP contribution in [0.4, 0.5) is 9.93 Å². The lowest BCUT2D eigenvalue weighted by molar-refractivity contribution is 0.195. The Balaban J connectivity index is 2.64. The van der Waals surface area contributed by atoms with E-state index in [9.17, 15) is 9.90 Å². The molecule has 2 amide bonds. The average molecular weight is 215 g/mol. The number of carbonyl (C=O) groups is 1. The summed E-state index contributed by atoms with van der Waals surface area (Å²) in [5.74, 6) is 0. The highest BCUT2D eigenvalue weighted by molar-refractivity contribution is 7.13. The van der Waals surface area contributed by atoms with Gasteiger partial charge in [0.05, 0.1) is 11.8 Å². The van der Waals surface area contributed by atoms with Gasteiger partial charge >= 0.3 is 6.03 Å². The van der Waals surface area contributed by atoms with E-state index in [2.05, 4.69) is 10.3 Å². The quantitative estimate of drug-likeness (QED) is 0.781. The molecule has 0 saturated heterocycles. The molecule has 1 heterocycles. The third-order valence-electron chi connectivity index (χ3n) is 1.57. The fraction of sp³-hybridized carbons (Fsp3) is 0.500. The third kappa shape index (κ3) is 2.68. The van der Waals surface area contributed by atoms with Gasteiger partial charge in [0.15, 0.2) is 5.13 Å². The fourth-order valence-corrected chi connectivity index (χ4v) is 1.53. The molecule has 6 heteroatoms. The topological polar surface area (TPSA) is 65.5 Å². The number of aliphatic hydroxyl groups excluding tert-OH is 1. The van der Waals surface area contributed by atoms with Gasteiger partial charge in [0.2, 0.25) is 0 Å². The summed E-state index contributed by atoms with van der Waals surface area (Å²) in [6.07, 6.45) is -0.601. The summed E-state index contributed by atoms with van der Waals surface area (Å²) < 4.78 is 0. The van der Waals surface area contributed by atoms with Crippen LogP contribution in [0.25, 0.3) is 0 Å². The van der Waals surface area contributed by atoms with Crippen molar-refractivity contribution in [2.24, 2.45) is 0 Å². The Morgan fingerprint density at radius 1 is 1.71 bits per heavy atom. The third-order valence-corrected chi connectivity index (χ3v) is 2.35. The molecule has 0 radical (unpaired) electrons. The zero-order chi connectivity index (χ0) is 10.7. The first-order chi connectivity index (χ1) is 6.50. The standard InChI is InChI=1S/C8H13N3O2S/c1-5(12)6-4-14-7(9-6)10-8(13)11(2)3/h4-5,12H,1-3H3,(H,9,10,13). The maximum Gasteiger partial charge on any atom is 0.323 e. The molecule has 1 unspecified atom stereocenters. The van der Waals surface area contributed by atoms with Crippen molar-refractivity contribution >= 4 is 22.5 Å². The van der Waals surface area contributed by atoms with Gasteiger partial charge < -0.3 is 10.0 Å². The first kappa shape index (κ1) is 10.9. The van der Waals surface area contributed by atoms with Gasteiger partial charge in [0.1, 0.15) is 0 Å². The van der Waals surface area contributed by atoms with Crippen molar-refractivity contribution in [3.63, 3.8) is 0 Å². The average Bonchev–Trinajstić information content (AvgIpc) is 2.52. The predicted octanol–water partition coefficient (Wildman–Crippen LogP) is 1.29. The number of thiazole rings is 1. The number of anilines is 1. The number of aromatic nitrogens is 1. The van der Waals surface area contributed by atoms with E-state index < -0.39 is 6.10 Å². The number of carbonyl (C=O) groups excluding carboxylic acids is 1. The number of hydrogen-bond donors (Lipinski definition) is 2. The highest BCUT2D eigenvalue weighted by atomic mass is 32.1. The summed E-state index contributed by atoms with van der Waals surface area (Å²) in [5, 5.41) is 14.0. The summed E-state index contributed by atoms with van der Waals surface area (Å²) in [5.41, 5.74) is 0.573. The van der Waals surface area contributed by atoms with Crippen molar-refractivity contribution in [1.82, 2.24) is 9.88 Å². The predicted molar refractivity (Wildman–Crippen MR) is 55.5 cm³/mol. The summed E-state index contributed by atoms with van der Waals surface area (Å²) in [7, 11) is 3.30. The van der Waals surface area contributed by atoms with Crippen LogP contribution < -0.4 is 5.32 Å². The van der Waals surface area contributed by atoms with E-state index in [0.717, 1.165) is 0 Å². The second kappa shape index (κ2) is 4.39. The van der Waals surface area contributed by atoms with Gasteiger partial charge in [-0.2, -0.15) is 0 Å². The number of nitrogens with zero attached hydrogens (tertiary/aromatic N) is 2. The molecular formula is C8H13N3O2S. The molecule has 0 bridgehead atoms. The number of nitrogens with one attached hydrogen (secondary N) is 1. The number of amides is 2. The van der Waals surface area contributed by atoms with E-state index in [1.54, 1.807) is 26.4 Å². The number of hydrogen-bond acceptors (Lipinski definition) is 4. The second-order valence-electron chi connectivity index (χ2n) is 3.08. The number of rotatable bonds is 2. The summed E-state index contributed by atoms with van der Waals surface area (Å²) in [6.45, 7) is 1.63. The van der Waals surface area contributed by atoms with Gasteiger partial charge in [-0.25, -0.2) is 9.78 Å². The van der Waals surface area contributed by atoms with Crippen LogP contribution in [0.2, 0.25) is 0 Å². The molecule has 0 aliphatic heterocycles. The highest BCUT2D eigenvalue weighted by Crippen LogP contribution is 2.20. The van der Waals surface area contributed by atoms with Gasteiger partial charge in [-0.3, -0.25) is 5.32 Å². The maximum atomic E-state index is 11.2. The summed E-state index contributed by atoms with van der Waals surface area (Å²) in [4.78, 5) is 16.7. The van der Waals surface area contributed by atoms with E-state index in [1.807, 2.05) is 0 Å². The minimum Gasteiger partial charge on any atom is -0.387 e. The minimum absolute atomic E-state index is 0.225. The number of urea groups is 1. The minimum atomic E-state index is -0.601. The van der Waals surface area contributed by atoms with Crippen LogP contribution in [0.1, 0.15) is 18.7 Å². The zero-order valence-corrected chi connectivity index (χ0v) is 9.13. The molecule has 0 aliphatic rings. The van der Waals surface area contributed by atoms with Crippen LogP contribution in [0.5, 0.6) is 0 Å². The molecule has 0 spiro atoms. The normalized spacial score (nSPS) is 12.3. The lowest BCUT2D eigenvalue weighted by Gasteiger charge is -2.09. The monoisotopic (exact) mass is 215 g/mol. The van der Waals surface area contributed by atoms with Gasteiger partial charge in [-0.05, 0) is 6.92 Å². The molecule has 1 atom stereocenters. The van der Waals surface area contributed by atoms with Crippen LogP contribution in [0.15, 0.2) is 5.38 Å². The van der Waals surface area contributed by atoms with Crippen molar-refractivity contribution < 1.29 is 9.90 Å². The molecular weight excluding hydrogens is 202 g/mol. The molecule has 2 N–H and O–H groups in total. The lowest BCUT2D eigenvalue weighted by Crippen LogP contribution is -2.27. The molecule has 5 nitrogen and oxygen atoms in total. The summed E-state index contributed by atoms with van der Waals surface area (Å²) >= 11 is 1.29. The Labute approximate surface area is 86.4 Å². The van der Waals surface area contributed by atoms with Crippen molar-refractivity contribution in [2.45, 2.75) is 13.0 Å². The first-order valence-electron chi connectivity index (χ1n) is 4.12.